The largest absolute Gasteiger partial charge is 0.366 e. The van der Waals surface area contributed by atoms with Crippen molar-refractivity contribution in [2.45, 2.75) is 18.7 Å². The molecule has 3 aromatic rings. The summed E-state index contributed by atoms with van der Waals surface area (Å²) in [5, 5.41) is 2.99. The Morgan fingerprint density at radius 2 is 1.59 bits per heavy atom. The monoisotopic (exact) mass is 471 g/mol. The molecule has 0 aromatic heterocycles. The fourth-order valence-electron chi connectivity index (χ4n) is 3.04. The highest BCUT2D eigenvalue weighted by Gasteiger charge is 2.28. The Kier molecular flexibility index (Phi) is 6.86. The standard InChI is InChI=1S/C23H22ClN3O4S/c1-15-3-11-20(12-4-15)32(30,31)27(21-13-18(24)8-5-16(21)2)14-22(28)26-19-9-6-17(7-10-19)23(25)29/h3-13H,14H2,1-2H3,(H2,25,29)(H,26,28). The molecule has 0 atom stereocenters. The lowest BCUT2D eigenvalue weighted by molar-refractivity contribution is -0.114. The number of amides is 2. The molecule has 9 heteroatoms. The van der Waals surface area contributed by atoms with Gasteiger partial charge in [0.25, 0.3) is 10.0 Å². The number of primary amides is 1. The van der Waals surface area contributed by atoms with Gasteiger partial charge in [0.05, 0.1) is 10.6 Å². The third-order valence-electron chi connectivity index (χ3n) is 4.79. The Hall–Kier alpha value is -3.36. The summed E-state index contributed by atoms with van der Waals surface area (Å²) in [6, 6.07) is 17.2. The first-order valence-electron chi connectivity index (χ1n) is 9.63. The van der Waals surface area contributed by atoms with E-state index in [0.717, 1.165) is 9.87 Å². The minimum absolute atomic E-state index is 0.0566. The molecule has 0 fully saturated rings. The van der Waals surface area contributed by atoms with Gasteiger partial charge in [-0.2, -0.15) is 0 Å². The number of hydrogen-bond acceptors (Lipinski definition) is 4. The number of nitrogens with zero attached hydrogens (tertiary/aromatic N) is 1. The molecule has 166 valence electrons. The molecule has 0 aliphatic carbocycles. The molecular formula is C23H22ClN3O4S. The van der Waals surface area contributed by atoms with Gasteiger partial charge in [-0.3, -0.25) is 13.9 Å². The molecule has 0 heterocycles. The van der Waals surface area contributed by atoms with E-state index in [-0.39, 0.29) is 4.90 Å². The van der Waals surface area contributed by atoms with Crippen LogP contribution in [0.15, 0.2) is 71.6 Å². The molecule has 0 spiro atoms. The first kappa shape index (κ1) is 23.3. The maximum atomic E-state index is 13.5. The Morgan fingerprint density at radius 3 is 2.19 bits per heavy atom. The number of aryl methyl sites for hydroxylation is 2. The lowest BCUT2D eigenvalue weighted by Gasteiger charge is -2.26. The SMILES string of the molecule is Cc1ccc(S(=O)(=O)N(CC(=O)Nc2ccc(C(N)=O)cc2)c2cc(Cl)ccc2C)cc1. The first-order valence-corrected chi connectivity index (χ1v) is 11.4. The zero-order chi connectivity index (χ0) is 23.5. The number of carbonyl (C=O) groups excluding carboxylic acids is 2. The molecule has 0 saturated heterocycles. The van der Waals surface area contributed by atoms with Crippen LogP contribution < -0.4 is 15.4 Å². The van der Waals surface area contributed by atoms with Crippen molar-refractivity contribution in [3.63, 3.8) is 0 Å². The van der Waals surface area contributed by atoms with Gasteiger partial charge in [0, 0.05) is 16.3 Å². The van der Waals surface area contributed by atoms with Crippen molar-refractivity contribution in [3.8, 4) is 0 Å². The summed E-state index contributed by atoms with van der Waals surface area (Å²) in [7, 11) is -4.06. The molecule has 3 rings (SSSR count). The molecule has 0 saturated carbocycles. The van der Waals surface area contributed by atoms with E-state index in [0.29, 0.717) is 27.5 Å². The maximum absolute atomic E-state index is 13.5. The van der Waals surface area contributed by atoms with E-state index in [2.05, 4.69) is 5.32 Å². The highest BCUT2D eigenvalue weighted by Crippen LogP contribution is 2.29. The Bertz CT molecular complexity index is 1260. The van der Waals surface area contributed by atoms with Gasteiger partial charge in [-0.1, -0.05) is 35.4 Å². The van der Waals surface area contributed by atoms with Crippen LogP contribution in [0, 0.1) is 13.8 Å². The van der Waals surface area contributed by atoms with Crippen LogP contribution in [0.4, 0.5) is 11.4 Å². The lowest BCUT2D eigenvalue weighted by atomic mass is 10.2. The van der Waals surface area contributed by atoms with Crippen molar-refractivity contribution in [3.05, 3.63) is 88.4 Å². The van der Waals surface area contributed by atoms with E-state index in [4.69, 9.17) is 17.3 Å². The normalized spacial score (nSPS) is 11.1. The zero-order valence-electron chi connectivity index (χ0n) is 17.5. The van der Waals surface area contributed by atoms with Crippen LogP contribution in [0.3, 0.4) is 0 Å². The van der Waals surface area contributed by atoms with Gasteiger partial charge in [0.2, 0.25) is 11.8 Å². The van der Waals surface area contributed by atoms with Crippen molar-refractivity contribution >= 4 is 44.8 Å². The smallest absolute Gasteiger partial charge is 0.264 e. The van der Waals surface area contributed by atoms with Gasteiger partial charge >= 0.3 is 0 Å². The maximum Gasteiger partial charge on any atom is 0.264 e. The number of halogens is 1. The average molecular weight is 472 g/mol. The molecular weight excluding hydrogens is 450 g/mol. The van der Waals surface area contributed by atoms with E-state index in [1.807, 2.05) is 6.92 Å². The average Bonchev–Trinajstić information content (AvgIpc) is 2.74. The summed E-state index contributed by atoms with van der Waals surface area (Å²) in [6.45, 7) is 3.12. The molecule has 0 aliphatic rings. The van der Waals surface area contributed by atoms with Crippen molar-refractivity contribution in [2.75, 3.05) is 16.2 Å². The number of nitrogens with two attached hydrogens (primary N) is 1. The van der Waals surface area contributed by atoms with Crippen LogP contribution in [0.2, 0.25) is 5.02 Å². The highest BCUT2D eigenvalue weighted by molar-refractivity contribution is 7.92. The molecule has 0 bridgehead atoms. The fourth-order valence-corrected chi connectivity index (χ4v) is 4.68. The predicted octanol–water partition coefficient (Wildman–Crippen LogP) is 3.89. The van der Waals surface area contributed by atoms with E-state index in [9.17, 15) is 18.0 Å². The van der Waals surface area contributed by atoms with Crippen LogP contribution in [-0.4, -0.2) is 26.8 Å². The molecule has 0 radical (unpaired) electrons. The molecule has 0 aliphatic heterocycles. The van der Waals surface area contributed by atoms with Gasteiger partial charge < -0.3 is 11.1 Å². The van der Waals surface area contributed by atoms with Crippen LogP contribution in [-0.2, 0) is 14.8 Å². The molecule has 32 heavy (non-hydrogen) atoms. The van der Waals surface area contributed by atoms with Gasteiger partial charge in [0.15, 0.2) is 0 Å². The molecule has 3 N–H and O–H groups in total. The molecule has 0 unspecified atom stereocenters. The van der Waals surface area contributed by atoms with Crippen molar-refractivity contribution in [1.29, 1.82) is 0 Å². The number of hydrogen-bond donors (Lipinski definition) is 2. The number of benzene rings is 3. The lowest BCUT2D eigenvalue weighted by Crippen LogP contribution is -2.38. The summed E-state index contributed by atoms with van der Waals surface area (Å²) in [4.78, 5) is 24.1. The predicted molar refractivity (Wildman–Crippen MR) is 125 cm³/mol. The van der Waals surface area contributed by atoms with Crippen LogP contribution in [0.5, 0.6) is 0 Å². The fraction of sp³-hybridized carbons (Fsp3) is 0.130. The minimum atomic E-state index is -4.06. The number of nitrogens with one attached hydrogen (secondary N) is 1. The number of carbonyl (C=O) groups is 2. The van der Waals surface area contributed by atoms with Crippen LogP contribution in [0.1, 0.15) is 21.5 Å². The third-order valence-corrected chi connectivity index (χ3v) is 6.80. The number of rotatable bonds is 7. The highest BCUT2D eigenvalue weighted by atomic mass is 35.5. The summed E-state index contributed by atoms with van der Waals surface area (Å²) >= 11 is 6.12. The number of anilines is 2. The topological polar surface area (TPSA) is 110 Å². The third kappa shape index (κ3) is 5.27. The van der Waals surface area contributed by atoms with Crippen LogP contribution >= 0.6 is 11.6 Å². The van der Waals surface area contributed by atoms with Gasteiger partial charge in [0.1, 0.15) is 6.54 Å². The summed E-state index contributed by atoms with van der Waals surface area (Å²) < 4.78 is 28.0. The molecule has 2 amide bonds. The van der Waals surface area contributed by atoms with Crippen molar-refractivity contribution in [1.82, 2.24) is 0 Å². The van der Waals surface area contributed by atoms with Gasteiger partial charge in [-0.15, -0.1) is 0 Å². The zero-order valence-corrected chi connectivity index (χ0v) is 19.1. The van der Waals surface area contributed by atoms with Gasteiger partial charge in [-0.05, 0) is 67.9 Å². The summed E-state index contributed by atoms with van der Waals surface area (Å²) in [5.41, 5.74) is 7.77. The summed E-state index contributed by atoms with van der Waals surface area (Å²) in [6.07, 6.45) is 0. The Morgan fingerprint density at radius 1 is 0.969 bits per heavy atom. The van der Waals surface area contributed by atoms with Crippen LogP contribution in [0.25, 0.3) is 0 Å². The van der Waals surface area contributed by atoms with Crippen molar-refractivity contribution in [2.24, 2.45) is 5.73 Å². The van der Waals surface area contributed by atoms with E-state index in [1.165, 1.54) is 42.5 Å². The summed E-state index contributed by atoms with van der Waals surface area (Å²) in [5.74, 6) is -1.15. The molecule has 3 aromatic carbocycles. The Balaban J connectivity index is 1.95. The Labute approximate surface area is 191 Å². The van der Waals surface area contributed by atoms with Crippen molar-refractivity contribution < 1.29 is 18.0 Å². The second-order valence-corrected chi connectivity index (χ2v) is 9.54. The number of sulfonamides is 1. The second-order valence-electron chi connectivity index (χ2n) is 7.25. The van der Waals surface area contributed by atoms with Gasteiger partial charge in [-0.25, -0.2) is 8.42 Å². The molecule has 7 nitrogen and oxygen atoms in total. The second kappa shape index (κ2) is 9.42. The quantitative estimate of drug-likeness (QED) is 0.544. The van der Waals surface area contributed by atoms with E-state index < -0.39 is 28.4 Å². The first-order chi connectivity index (χ1) is 15.1. The minimum Gasteiger partial charge on any atom is -0.366 e. The van der Waals surface area contributed by atoms with E-state index in [1.54, 1.807) is 31.2 Å². The van der Waals surface area contributed by atoms with E-state index >= 15 is 0 Å².